The van der Waals surface area contributed by atoms with Crippen molar-refractivity contribution in [2.75, 3.05) is 0 Å². The lowest BCUT2D eigenvalue weighted by Crippen LogP contribution is -1.91. The maximum absolute atomic E-state index is 6.07. The van der Waals surface area contributed by atoms with Crippen LogP contribution in [0.1, 0.15) is 0 Å². The lowest BCUT2D eigenvalue weighted by atomic mass is 11.2. The van der Waals surface area contributed by atoms with E-state index in [-0.39, 0.29) is 0 Å². The van der Waals surface area contributed by atoms with E-state index < -0.39 is 21.2 Å². The van der Waals surface area contributed by atoms with Crippen molar-refractivity contribution in [1.82, 2.24) is 0 Å². The van der Waals surface area contributed by atoms with Crippen LogP contribution in [-0.4, -0.2) is 0 Å². The molecular formula is C8H12Cl2N3O4P3. The van der Waals surface area contributed by atoms with Crippen LogP contribution in [-0.2, 0) is 18.1 Å². The van der Waals surface area contributed by atoms with Crippen LogP contribution in [0.2, 0.25) is 0 Å². The highest BCUT2D eigenvalue weighted by molar-refractivity contribution is 8.13. The van der Waals surface area contributed by atoms with Crippen molar-refractivity contribution in [3.05, 3.63) is 51.4 Å². The molecule has 1 aliphatic heterocycles. The van der Waals surface area contributed by atoms with Crippen LogP contribution in [0.15, 0.2) is 64.9 Å². The molecule has 0 fully saturated rings. The Labute approximate surface area is 127 Å². The molecular weight excluding hydrogens is 366 g/mol. The second-order valence-corrected chi connectivity index (χ2v) is 12.0. The molecule has 0 atom stereocenters. The minimum Gasteiger partial charge on any atom is -0.422 e. The first-order valence-electron chi connectivity index (χ1n) is 4.84. The average Bonchev–Trinajstić information content (AvgIpc) is 2.27. The summed E-state index contributed by atoms with van der Waals surface area (Å²) in [4.78, 5) is 0. The molecule has 7 nitrogen and oxygen atoms in total. The zero-order chi connectivity index (χ0) is 15.3. The molecule has 0 N–H and O–H groups in total. The highest BCUT2D eigenvalue weighted by Gasteiger charge is 2.41. The Bertz CT molecular complexity index is 546. The van der Waals surface area contributed by atoms with E-state index in [1.807, 2.05) is 0 Å². The summed E-state index contributed by atoms with van der Waals surface area (Å²) in [6.07, 6.45) is 4.39. The van der Waals surface area contributed by atoms with E-state index in [1.54, 1.807) is 0 Å². The Kier molecular flexibility index (Phi) is 6.06. The number of nitrogens with zero attached hydrogens (tertiary/aromatic N) is 3. The van der Waals surface area contributed by atoms with Crippen molar-refractivity contribution in [1.29, 1.82) is 0 Å². The fourth-order valence-electron chi connectivity index (χ4n) is 1.08. The normalized spacial score (nSPS) is 20.7. The predicted molar refractivity (Wildman–Crippen MR) is 84.9 cm³/mol. The van der Waals surface area contributed by atoms with E-state index in [9.17, 15) is 0 Å². The van der Waals surface area contributed by atoms with Crippen molar-refractivity contribution < 1.29 is 18.1 Å². The number of rotatable bonds is 8. The zero-order valence-electron chi connectivity index (χ0n) is 10.2. The van der Waals surface area contributed by atoms with E-state index in [1.165, 1.54) is 0 Å². The summed E-state index contributed by atoms with van der Waals surface area (Å²) in [5.41, 5.74) is 0. The number of hydrogen-bond donors (Lipinski definition) is 0. The van der Waals surface area contributed by atoms with Gasteiger partial charge in [-0.25, -0.2) is 0 Å². The van der Waals surface area contributed by atoms with Gasteiger partial charge in [0.05, 0.1) is 25.0 Å². The van der Waals surface area contributed by atoms with Crippen LogP contribution >= 0.6 is 43.7 Å². The lowest BCUT2D eigenvalue weighted by molar-refractivity contribution is 0.382. The molecule has 0 saturated heterocycles. The molecule has 1 rings (SSSR count). The lowest BCUT2D eigenvalue weighted by Gasteiger charge is -2.26. The van der Waals surface area contributed by atoms with Gasteiger partial charge in [0.1, 0.15) is 0 Å². The van der Waals surface area contributed by atoms with Crippen LogP contribution in [0.5, 0.6) is 0 Å². The van der Waals surface area contributed by atoms with Gasteiger partial charge in [0.15, 0.2) is 0 Å². The molecule has 0 aromatic heterocycles. The first-order chi connectivity index (χ1) is 9.36. The summed E-state index contributed by atoms with van der Waals surface area (Å²) in [5, 5.41) is 0. The largest absolute Gasteiger partial charge is 0.456 e. The van der Waals surface area contributed by atoms with Gasteiger partial charge in [-0.1, -0.05) is 30.8 Å². The fourth-order valence-corrected chi connectivity index (χ4v) is 11.1. The summed E-state index contributed by atoms with van der Waals surface area (Å²) >= 11 is 12.1. The first kappa shape index (κ1) is 17.5. The monoisotopic (exact) mass is 377 g/mol. The Morgan fingerprint density at radius 3 is 1.35 bits per heavy atom. The Morgan fingerprint density at radius 1 is 0.650 bits per heavy atom. The molecule has 0 bridgehead atoms. The van der Waals surface area contributed by atoms with Crippen LogP contribution in [0.3, 0.4) is 0 Å². The van der Waals surface area contributed by atoms with Crippen LogP contribution in [0, 0.1) is 0 Å². The summed E-state index contributed by atoms with van der Waals surface area (Å²) < 4.78 is 33.2. The molecule has 0 amide bonds. The zero-order valence-corrected chi connectivity index (χ0v) is 14.4. The van der Waals surface area contributed by atoms with E-state index in [0.29, 0.717) is 0 Å². The number of halogens is 2. The van der Waals surface area contributed by atoms with Gasteiger partial charge in [-0.2, -0.15) is 0 Å². The molecule has 20 heavy (non-hydrogen) atoms. The molecule has 1 heterocycles. The fraction of sp³-hybridized carbons (Fsp3) is 0. The smallest absolute Gasteiger partial charge is 0.422 e. The van der Waals surface area contributed by atoms with Gasteiger partial charge in [-0.3, -0.25) is 0 Å². The Balaban J connectivity index is 3.63. The summed E-state index contributed by atoms with van der Waals surface area (Å²) in [6, 6.07) is 0. The Hall–Kier alpha value is -0.570. The number of hydrogen-bond acceptors (Lipinski definition) is 7. The van der Waals surface area contributed by atoms with Gasteiger partial charge in [0.2, 0.25) is 0 Å². The van der Waals surface area contributed by atoms with E-state index in [4.69, 9.17) is 40.6 Å². The molecule has 0 radical (unpaired) electrons. The molecule has 0 saturated carbocycles. The van der Waals surface area contributed by atoms with Crippen LogP contribution < -0.4 is 0 Å². The summed E-state index contributed by atoms with van der Waals surface area (Å²) in [7, 11) is -6.57. The van der Waals surface area contributed by atoms with Crippen molar-refractivity contribution in [2.24, 2.45) is 13.5 Å². The highest BCUT2D eigenvalue weighted by Crippen LogP contribution is 2.83. The third-order valence-electron chi connectivity index (χ3n) is 1.51. The van der Waals surface area contributed by atoms with Gasteiger partial charge in [-0.05, 0) is 22.5 Å². The van der Waals surface area contributed by atoms with E-state index in [2.05, 4.69) is 39.9 Å². The van der Waals surface area contributed by atoms with Crippen molar-refractivity contribution in [2.45, 2.75) is 0 Å². The Morgan fingerprint density at radius 2 is 1.00 bits per heavy atom. The molecule has 12 heteroatoms. The SMILES string of the molecule is C=COP1(OC=C)=NP(Cl)(Cl)=NP(OC=C)(OC=C)=N1. The van der Waals surface area contributed by atoms with Crippen LogP contribution in [0.4, 0.5) is 0 Å². The second kappa shape index (κ2) is 6.93. The van der Waals surface area contributed by atoms with Gasteiger partial charge in [0.25, 0.3) is 5.91 Å². The second-order valence-electron chi connectivity index (χ2n) is 2.79. The quantitative estimate of drug-likeness (QED) is 0.338. The molecule has 0 aromatic rings. The van der Waals surface area contributed by atoms with E-state index >= 15 is 0 Å². The summed E-state index contributed by atoms with van der Waals surface area (Å²) in [6.45, 7) is 13.7. The topological polar surface area (TPSA) is 74.0 Å². The molecule has 1 aliphatic rings. The molecule has 0 aromatic carbocycles. The van der Waals surface area contributed by atoms with Gasteiger partial charge < -0.3 is 18.1 Å². The molecule has 0 aliphatic carbocycles. The molecule has 0 unspecified atom stereocenters. The van der Waals surface area contributed by atoms with Crippen molar-refractivity contribution in [3.63, 3.8) is 0 Å². The average molecular weight is 378 g/mol. The third-order valence-corrected chi connectivity index (χ3v) is 11.0. The predicted octanol–water partition coefficient (Wildman–Crippen LogP) is 6.96. The first-order valence-corrected chi connectivity index (χ1v) is 11.4. The highest BCUT2D eigenvalue weighted by atomic mass is 35.9. The van der Waals surface area contributed by atoms with Crippen LogP contribution in [0.25, 0.3) is 0 Å². The molecule has 112 valence electrons. The van der Waals surface area contributed by atoms with Gasteiger partial charge in [-0.15, -0.1) is 9.03 Å². The maximum Gasteiger partial charge on any atom is 0.456 e. The van der Waals surface area contributed by atoms with Gasteiger partial charge in [0, 0.05) is 0 Å². The van der Waals surface area contributed by atoms with Crippen molar-refractivity contribution in [3.8, 4) is 0 Å². The maximum atomic E-state index is 6.07. The summed E-state index contributed by atoms with van der Waals surface area (Å²) in [5.74, 6) is -3.19. The minimum atomic E-state index is -3.28. The standard InChI is InChI=1S/C8H12Cl2N3O4P3/c1-5-14-19(15-6-2)11-18(9,10)12-20(13-19,16-7-3)17-8-4/h5-8H,1-4H2. The van der Waals surface area contributed by atoms with E-state index in [0.717, 1.165) is 25.0 Å². The van der Waals surface area contributed by atoms with Gasteiger partial charge >= 0.3 is 15.3 Å². The molecule has 0 spiro atoms. The third kappa shape index (κ3) is 4.21. The van der Waals surface area contributed by atoms with Crippen molar-refractivity contribution >= 4 is 43.7 Å². The minimum absolute atomic E-state index is 1.10.